The molecule has 0 radical (unpaired) electrons. The van der Waals surface area contributed by atoms with Crippen LogP contribution in [0.1, 0.15) is 20.8 Å². The molecule has 0 aliphatic heterocycles. The van der Waals surface area contributed by atoms with E-state index in [2.05, 4.69) is 0 Å². The molecule has 0 aromatic rings. The van der Waals surface area contributed by atoms with Crippen LogP contribution in [-0.2, 0) is 19.6 Å². The van der Waals surface area contributed by atoms with E-state index in [1.807, 2.05) is 4.72 Å². The van der Waals surface area contributed by atoms with Crippen LogP contribution in [0.2, 0.25) is 0 Å². The Bertz CT molecular complexity index is 275. The van der Waals surface area contributed by atoms with Crippen LogP contribution in [0.3, 0.4) is 0 Å². The monoisotopic (exact) mass is 209 g/mol. The Balaban J connectivity index is 4.19. The maximum atomic E-state index is 11.0. The number of sulfonamides is 1. The molecule has 0 bridgehead atoms. The molecule has 0 heterocycles. The predicted octanol–water partition coefficient (Wildman–Crippen LogP) is -0.123. The average Bonchev–Trinajstić information content (AvgIpc) is 1.81. The molecule has 0 saturated heterocycles. The van der Waals surface area contributed by atoms with E-state index >= 15 is 0 Å². The lowest BCUT2D eigenvalue weighted by Crippen LogP contribution is -2.32. The fourth-order valence-corrected chi connectivity index (χ4v) is 1.11. The van der Waals surface area contributed by atoms with Gasteiger partial charge in [0.2, 0.25) is 10.0 Å². The summed E-state index contributed by atoms with van der Waals surface area (Å²) < 4.78 is 28.6. The van der Waals surface area contributed by atoms with Crippen molar-refractivity contribution in [1.29, 1.82) is 0 Å². The molecule has 6 heteroatoms. The third kappa shape index (κ3) is 6.53. The Morgan fingerprint density at radius 2 is 1.85 bits per heavy atom. The number of carbonyl (C=O) groups excluding carboxylic acids is 1. The van der Waals surface area contributed by atoms with Crippen molar-refractivity contribution in [3.05, 3.63) is 0 Å². The lowest BCUT2D eigenvalue weighted by atomic mass is 10.2. The van der Waals surface area contributed by atoms with Crippen molar-refractivity contribution in [3.8, 4) is 0 Å². The maximum Gasteiger partial charge on any atom is 0.323 e. The minimum atomic E-state index is -3.52. The number of ether oxygens (including phenoxy) is 1. The van der Waals surface area contributed by atoms with Gasteiger partial charge < -0.3 is 4.74 Å². The van der Waals surface area contributed by atoms with Crippen molar-refractivity contribution in [2.45, 2.75) is 26.4 Å². The van der Waals surface area contributed by atoms with Gasteiger partial charge in [-0.2, -0.15) is 0 Å². The molecule has 0 aromatic carbocycles. The summed E-state index contributed by atoms with van der Waals surface area (Å²) in [5.74, 6) is -1.39. The summed E-state index contributed by atoms with van der Waals surface area (Å²) in [7, 11) is -2.27. The lowest BCUT2D eigenvalue weighted by Gasteiger charge is -2.19. The highest BCUT2D eigenvalue weighted by atomic mass is 32.2. The average molecular weight is 209 g/mol. The van der Waals surface area contributed by atoms with Gasteiger partial charge in [0.25, 0.3) is 0 Å². The highest BCUT2D eigenvalue weighted by Gasteiger charge is 2.21. The second kappa shape index (κ2) is 4.06. The maximum absolute atomic E-state index is 11.0. The predicted molar refractivity (Wildman–Crippen MR) is 48.7 cm³/mol. The van der Waals surface area contributed by atoms with E-state index in [0.29, 0.717) is 0 Å². The van der Waals surface area contributed by atoms with Crippen molar-refractivity contribution >= 4 is 16.0 Å². The topological polar surface area (TPSA) is 72.5 Å². The fourth-order valence-electron chi connectivity index (χ4n) is 0.598. The molecule has 0 aromatic heterocycles. The van der Waals surface area contributed by atoms with Crippen LogP contribution in [-0.4, -0.2) is 32.8 Å². The molecule has 0 atom stereocenters. The molecule has 0 aliphatic rings. The van der Waals surface area contributed by atoms with Gasteiger partial charge in [-0.15, -0.1) is 0 Å². The molecule has 0 unspecified atom stereocenters. The Labute approximate surface area is 78.5 Å². The minimum Gasteiger partial charge on any atom is -0.459 e. The number of nitrogens with one attached hydrogen (secondary N) is 1. The van der Waals surface area contributed by atoms with Crippen LogP contribution in [0.25, 0.3) is 0 Å². The number of esters is 1. The first kappa shape index (κ1) is 12.4. The summed E-state index contributed by atoms with van der Waals surface area (Å²) in [6.45, 7) is 5.03. The third-order valence-electron chi connectivity index (χ3n) is 1.04. The Kier molecular flexibility index (Phi) is 3.87. The summed E-state index contributed by atoms with van der Waals surface area (Å²) in [5.41, 5.74) is -0.652. The van der Waals surface area contributed by atoms with Crippen molar-refractivity contribution in [2.24, 2.45) is 0 Å². The van der Waals surface area contributed by atoms with Crippen molar-refractivity contribution in [3.63, 3.8) is 0 Å². The molecule has 0 aliphatic carbocycles. The first-order valence-electron chi connectivity index (χ1n) is 3.79. The molecule has 5 nitrogen and oxygen atoms in total. The van der Waals surface area contributed by atoms with Gasteiger partial charge in [0.15, 0.2) is 5.75 Å². The standard InChI is InChI=1S/C7H15NO4S/c1-7(2,3)12-6(9)5-13(10,11)8-4/h8H,5H2,1-4H3. The van der Waals surface area contributed by atoms with Gasteiger partial charge in [0.1, 0.15) is 5.60 Å². The second-order valence-corrected chi connectivity index (χ2v) is 5.48. The van der Waals surface area contributed by atoms with Crippen LogP contribution >= 0.6 is 0 Å². The van der Waals surface area contributed by atoms with E-state index in [4.69, 9.17) is 4.74 Å². The molecule has 13 heavy (non-hydrogen) atoms. The number of rotatable bonds is 3. The van der Waals surface area contributed by atoms with E-state index in [1.54, 1.807) is 20.8 Å². The van der Waals surface area contributed by atoms with Gasteiger partial charge in [-0.1, -0.05) is 0 Å². The third-order valence-corrected chi connectivity index (χ3v) is 2.28. The van der Waals surface area contributed by atoms with E-state index in [1.165, 1.54) is 7.05 Å². The van der Waals surface area contributed by atoms with Crippen molar-refractivity contribution < 1.29 is 17.9 Å². The fraction of sp³-hybridized carbons (Fsp3) is 0.857. The van der Waals surface area contributed by atoms with E-state index < -0.39 is 27.3 Å². The molecular weight excluding hydrogens is 194 g/mol. The normalized spacial score (nSPS) is 12.6. The SMILES string of the molecule is CNS(=O)(=O)CC(=O)OC(C)(C)C. The van der Waals surface area contributed by atoms with Gasteiger partial charge in [0, 0.05) is 0 Å². The summed E-state index contributed by atoms with van der Waals surface area (Å²) in [6, 6.07) is 0. The van der Waals surface area contributed by atoms with Crippen LogP contribution in [0.15, 0.2) is 0 Å². The molecule has 0 amide bonds. The zero-order chi connectivity index (χ0) is 10.7. The summed E-state index contributed by atoms with van der Waals surface area (Å²) >= 11 is 0. The minimum absolute atomic E-state index is 0.638. The highest BCUT2D eigenvalue weighted by molar-refractivity contribution is 7.90. The quantitative estimate of drug-likeness (QED) is 0.658. The van der Waals surface area contributed by atoms with E-state index in [-0.39, 0.29) is 0 Å². The summed E-state index contributed by atoms with van der Waals surface area (Å²) in [5, 5.41) is 0. The molecule has 1 N–H and O–H groups in total. The van der Waals surface area contributed by atoms with Gasteiger partial charge in [-0.3, -0.25) is 4.79 Å². The van der Waals surface area contributed by atoms with Crippen molar-refractivity contribution in [2.75, 3.05) is 12.8 Å². The first-order chi connectivity index (χ1) is 5.66. The largest absolute Gasteiger partial charge is 0.459 e. The molecular formula is C7H15NO4S. The Hall–Kier alpha value is -0.620. The van der Waals surface area contributed by atoms with Gasteiger partial charge >= 0.3 is 5.97 Å². The molecule has 78 valence electrons. The molecule has 0 spiro atoms. The van der Waals surface area contributed by atoms with Crippen molar-refractivity contribution in [1.82, 2.24) is 4.72 Å². The summed E-state index contributed by atoms with van der Waals surface area (Å²) in [6.07, 6.45) is 0. The van der Waals surface area contributed by atoms with Gasteiger partial charge in [-0.25, -0.2) is 13.1 Å². The van der Waals surface area contributed by atoms with Crippen LogP contribution in [0.4, 0.5) is 0 Å². The smallest absolute Gasteiger partial charge is 0.323 e. The summed E-state index contributed by atoms with van der Waals surface area (Å²) in [4.78, 5) is 11.0. The number of carbonyl (C=O) groups is 1. The lowest BCUT2D eigenvalue weighted by molar-refractivity contribution is -0.151. The zero-order valence-electron chi connectivity index (χ0n) is 8.25. The Morgan fingerprint density at radius 3 is 2.15 bits per heavy atom. The van der Waals surface area contributed by atoms with Crippen LogP contribution < -0.4 is 4.72 Å². The molecule has 0 saturated carbocycles. The number of hydrogen-bond donors (Lipinski definition) is 1. The second-order valence-electron chi connectivity index (χ2n) is 3.55. The Morgan fingerprint density at radius 1 is 1.38 bits per heavy atom. The van der Waals surface area contributed by atoms with Crippen LogP contribution in [0, 0.1) is 0 Å². The number of hydrogen-bond acceptors (Lipinski definition) is 4. The van der Waals surface area contributed by atoms with E-state index in [0.717, 1.165) is 0 Å². The molecule has 0 fully saturated rings. The highest BCUT2D eigenvalue weighted by Crippen LogP contribution is 2.07. The van der Waals surface area contributed by atoms with Gasteiger partial charge in [0.05, 0.1) is 0 Å². The first-order valence-corrected chi connectivity index (χ1v) is 5.44. The van der Waals surface area contributed by atoms with Crippen LogP contribution in [0.5, 0.6) is 0 Å². The zero-order valence-corrected chi connectivity index (χ0v) is 9.06. The van der Waals surface area contributed by atoms with Gasteiger partial charge in [-0.05, 0) is 27.8 Å². The molecule has 0 rings (SSSR count). The van der Waals surface area contributed by atoms with E-state index in [9.17, 15) is 13.2 Å².